The minimum atomic E-state index is -3.62. The second kappa shape index (κ2) is 7.09. The minimum Gasteiger partial charge on any atom is -0.280 e. The quantitative estimate of drug-likeness (QED) is 0.533. The fraction of sp³-hybridized carbons (Fsp3) is 0. The van der Waals surface area contributed by atoms with Gasteiger partial charge in [-0.25, -0.2) is 8.42 Å². The van der Waals surface area contributed by atoms with Gasteiger partial charge in [-0.05, 0) is 29.8 Å². The number of nitrogens with zero attached hydrogens (tertiary/aromatic N) is 1. The van der Waals surface area contributed by atoms with Crippen LogP contribution in [0.1, 0.15) is 5.56 Å². The van der Waals surface area contributed by atoms with Crippen LogP contribution in [0.15, 0.2) is 84.3 Å². The van der Waals surface area contributed by atoms with Crippen LogP contribution in [0.25, 0.3) is 28.2 Å². The number of aromatic amines is 1. The van der Waals surface area contributed by atoms with Gasteiger partial charge in [-0.1, -0.05) is 60.7 Å². The number of sulfonamides is 1. The van der Waals surface area contributed by atoms with E-state index in [9.17, 15) is 8.42 Å². The summed E-state index contributed by atoms with van der Waals surface area (Å²) in [5.74, 6) is 0. The van der Waals surface area contributed by atoms with E-state index >= 15 is 0 Å². The highest BCUT2D eigenvalue weighted by Crippen LogP contribution is 2.28. The summed E-state index contributed by atoms with van der Waals surface area (Å²) in [6.45, 7) is 0. The van der Waals surface area contributed by atoms with Crippen molar-refractivity contribution in [3.8, 4) is 11.3 Å². The lowest BCUT2D eigenvalue weighted by Gasteiger charge is -2.05. The fourth-order valence-corrected chi connectivity index (χ4v) is 3.68. The SMILES string of the molecule is O=S(=O)(C=Cc1ccccc1)Nc1ccc2[nH]nc(-c3ccccc3)c2c1. The highest BCUT2D eigenvalue weighted by atomic mass is 32.2. The number of rotatable bonds is 5. The van der Waals surface area contributed by atoms with Crippen LogP contribution in [0.3, 0.4) is 0 Å². The standard InChI is InChI=1S/C21H17N3O2S/c25-27(26,14-13-16-7-3-1-4-8-16)24-18-11-12-20-19(15-18)21(23-22-20)17-9-5-2-6-10-17/h1-15,24H,(H,22,23). The summed E-state index contributed by atoms with van der Waals surface area (Å²) in [5, 5.41) is 9.37. The molecule has 0 aliphatic heterocycles. The van der Waals surface area contributed by atoms with Gasteiger partial charge in [-0.3, -0.25) is 9.82 Å². The molecule has 0 aliphatic carbocycles. The van der Waals surface area contributed by atoms with Crippen LogP contribution in [0, 0.1) is 0 Å². The number of benzene rings is 3. The molecule has 0 fully saturated rings. The van der Waals surface area contributed by atoms with Gasteiger partial charge in [0.1, 0.15) is 0 Å². The summed E-state index contributed by atoms with van der Waals surface area (Å²) in [4.78, 5) is 0. The Morgan fingerprint density at radius 3 is 2.33 bits per heavy atom. The number of fused-ring (bicyclic) bond motifs is 1. The van der Waals surface area contributed by atoms with E-state index in [-0.39, 0.29) is 0 Å². The Bertz CT molecular complexity index is 1200. The third-order valence-electron chi connectivity index (χ3n) is 4.11. The van der Waals surface area contributed by atoms with Crippen LogP contribution in [-0.2, 0) is 10.0 Å². The monoisotopic (exact) mass is 375 g/mol. The van der Waals surface area contributed by atoms with E-state index in [4.69, 9.17) is 0 Å². The molecule has 0 radical (unpaired) electrons. The van der Waals surface area contributed by atoms with Crippen LogP contribution >= 0.6 is 0 Å². The second-order valence-electron chi connectivity index (χ2n) is 6.06. The summed E-state index contributed by atoms with van der Waals surface area (Å²) < 4.78 is 27.4. The maximum absolute atomic E-state index is 12.4. The molecule has 1 aromatic heterocycles. The smallest absolute Gasteiger partial charge is 0.255 e. The molecule has 0 unspecified atom stereocenters. The Hall–Kier alpha value is -3.38. The van der Waals surface area contributed by atoms with Crippen molar-refractivity contribution in [2.45, 2.75) is 0 Å². The number of hydrogen-bond acceptors (Lipinski definition) is 3. The first-order chi connectivity index (χ1) is 13.1. The average molecular weight is 375 g/mol. The van der Waals surface area contributed by atoms with E-state index in [0.717, 1.165) is 27.7 Å². The van der Waals surface area contributed by atoms with Crippen molar-refractivity contribution in [1.82, 2.24) is 10.2 Å². The summed E-state index contributed by atoms with van der Waals surface area (Å²) in [6, 6.07) is 24.4. The van der Waals surface area contributed by atoms with Gasteiger partial charge in [0.15, 0.2) is 0 Å². The van der Waals surface area contributed by atoms with Gasteiger partial charge in [-0.15, -0.1) is 0 Å². The molecule has 4 rings (SSSR count). The number of hydrogen-bond donors (Lipinski definition) is 2. The molecular formula is C21H17N3O2S. The van der Waals surface area contributed by atoms with Gasteiger partial charge in [0, 0.05) is 16.6 Å². The first-order valence-electron chi connectivity index (χ1n) is 8.40. The van der Waals surface area contributed by atoms with Gasteiger partial charge in [0.05, 0.1) is 16.6 Å². The molecule has 0 bridgehead atoms. The van der Waals surface area contributed by atoms with Crippen molar-refractivity contribution in [2.75, 3.05) is 4.72 Å². The summed E-state index contributed by atoms with van der Waals surface area (Å²) >= 11 is 0. The number of nitrogens with one attached hydrogen (secondary N) is 2. The van der Waals surface area contributed by atoms with Crippen LogP contribution < -0.4 is 4.72 Å². The molecule has 134 valence electrons. The number of anilines is 1. The van der Waals surface area contributed by atoms with Crippen LogP contribution in [0.4, 0.5) is 5.69 Å². The predicted molar refractivity (Wildman–Crippen MR) is 110 cm³/mol. The normalized spacial score (nSPS) is 11.9. The van der Waals surface area contributed by atoms with Gasteiger partial charge < -0.3 is 0 Å². The summed E-state index contributed by atoms with van der Waals surface area (Å²) in [6.07, 6.45) is 1.56. The van der Waals surface area contributed by atoms with E-state index in [2.05, 4.69) is 14.9 Å². The fourth-order valence-electron chi connectivity index (χ4n) is 2.82. The zero-order valence-corrected chi connectivity index (χ0v) is 15.1. The average Bonchev–Trinajstić information content (AvgIpc) is 3.11. The van der Waals surface area contributed by atoms with Gasteiger partial charge in [-0.2, -0.15) is 5.10 Å². The molecule has 3 aromatic carbocycles. The second-order valence-corrected chi connectivity index (χ2v) is 7.63. The summed E-state index contributed by atoms with van der Waals surface area (Å²) in [7, 11) is -3.62. The third-order valence-corrected chi connectivity index (χ3v) is 5.12. The van der Waals surface area contributed by atoms with Gasteiger partial charge in [0.2, 0.25) is 0 Å². The molecule has 0 spiro atoms. The molecule has 0 aliphatic rings. The van der Waals surface area contributed by atoms with Crippen molar-refractivity contribution in [3.63, 3.8) is 0 Å². The molecule has 0 saturated heterocycles. The molecule has 0 atom stereocenters. The lowest BCUT2D eigenvalue weighted by atomic mass is 10.1. The molecule has 0 saturated carbocycles. The van der Waals surface area contributed by atoms with Crippen LogP contribution in [-0.4, -0.2) is 18.6 Å². The third kappa shape index (κ3) is 3.91. The molecule has 5 nitrogen and oxygen atoms in total. The summed E-state index contributed by atoms with van der Waals surface area (Å²) in [5.41, 5.74) is 3.90. The van der Waals surface area contributed by atoms with E-state index in [1.165, 1.54) is 5.41 Å². The molecule has 6 heteroatoms. The van der Waals surface area contributed by atoms with Crippen molar-refractivity contribution in [2.24, 2.45) is 0 Å². The van der Waals surface area contributed by atoms with Gasteiger partial charge >= 0.3 is 0 Å². The van der Waals surface area contributed by atoms with E-state index in [0.29, 0.717) is 5.69 Å². The Labute approximate surface area is 157 Å². The van der Waals surface area contributed by atoms with Gasteiger partial charge in [0.25, 0.3) is 10.0 Å². The predicted octanol–water partition coefficient (Wildman–Crippen LogP) is 4.64. The first-order valence-corrected chi connectivity index (χ1v) is 9.95. The Morgan fingerprint density at radius 2 is 1.59 bits per heavy atom. The van der Waals surface area contributed by atoms with E-state index in [1.54, 1.807) is 18.2 Å². The highest BCUT2D eigenvalue weighted by Gasteiger charge is 2.11. The first kappa shape index (κ1) is 17.1. The van der Waals surface area contributed by atoms with E-state index in [1.807, 2.05) is 66.7 Å². The van der Waals surface area contributed by atoms with Crippen molar-refractivity contribution >= 4 is 32.7 Å². The largest absolute Gasteiger partial charge is 0.280 e. The van der Waals surface area contributed by atoms with Crippen molar-refractivity contribution < 1.29 is 8.42 Å². The highest BCUT2D eigenvalue weighted by molar-refractivity contribution is 7.95. The maximum Gasteiger partial charge on any atom is 0.255 e. The molecule has 27 heavy (non-hydrogen) atoms. The zero-order valence-electron chi connectivity index (χ0n) is 14.3. The Kier molecular flexibility index (Phi) is 4.48. The lowest BCUT2D eigenvalue weighted by Crippen LogP contribution is -2.08. The molecule has 0 amide bonds. The van der Waals surface area contributed by atoms with Crippen molar-refractivity contribution in [3.05, 3.63) is 89.8 Å². The van der Waals surface area contributed by atoms with E-state index < -0.39 is 10.0 Å². The maximum atomic E-state index is 12.4. The zero-order chi connectivity index (χ0) is 18.7. The Balaban J connectivity index is 1.63. The number of H-pyrrole nitrogens is 1. The van der Waals surface area contributed by atoms with Crippen molar-refractivity contribution in [1.29, 1.82) is 0 Å². The molecular weight excluding hydrogens is 358 g/mol. The molecule has 4 aromatic rings. The lowest BCUT2D eigenvalue weighted by molar-refractivity contribution is 0.609. The Morgan fingerprint density at radius 1 is 0.889 bits per heavy atom. The molecule has 2 N–H and O–H groups in total. The topological polar surface area (TPSA) is 74.8 Å². The minimum absolute atomic E-state index is 0.485. The molecule has 1 heterocycles. The number of aromatic nitrogens is 2. The van der Waals surface area contributed by atoms with Crippen LogP contribution in [0.5, 0.6) is 0 Å². The van der Waals surface area contributed by atoms with Crippen LogP contribution in [0.2, 0.25) is 0 Å².